The van der Waals surface area contributed by atoms with Crippen molar-refractivity contribution in [2.45, 2.75) is 6.92 Å². The summed E-state index contributed by atoms with van der Waals surface area (Å²) < 4.78 is 0. The van der Waals surface area contributed by atoms with Gasteiger partial charge in [-0.1, -0.05) is 53.3 Å². The van der Waals surface area contributed by atoms with Gasteiger partial charge in [-0.15, -0.1) is 0 Å². The quantitative estimate of drug-likeness (QED) is 0.692. The number of anilines is 3. The Hall–Kier alpha value is -2.37. The number of rotatable bonds is 4. The van der Waals surface area contributed by atoms with Crippen molar-refractivity contribution in [3.05, 3.63) is 70.2 Å². The van der Waals surface area contributed by atoms with Crippen LogP contribution < -0.4 is 10.6 Å². The topological polar surface area (TPSA) is 54.0 Å². The van der Waals surface area contributed by atoms with E-state index in [0.717, 1.165) is 11.3 Å². The van der Waals surface area contributed by atoms with Gasteiger partial charge in [0.25, 0.3) is 5.91 Å². The molecule has 2 N–H and O–H groups in total. The van der Waals surface area contributed by atoms with Gasteiger partial charge in [0.1, 0.15) is 4.88 Å². The summed E-state index contributed by atoms with van der Waals surface area (Å²) in [5.41, 5.74) is 2.47. The maximum atomic E-state index is 12.4. The Balaban J connectivity index is 1.74. The van der Waals surface area contributed by atoms with Crippen molar-refractivity contribution in [1.29, 1.82) is 0 Å². The zero-order chi connectivity index (χ0) is 16.2. The molecule has 6 heteroatoms. The monoisotopic (exact) mass is 343 g/mol. The Morgan fingerprint density at radius 3 is 2.65 bits per heavy atom. The highest BCUT2D eigenvalue weighted by atomic mass is 35.5. The molecule has 4 nitrogen and oxygen atoms in total. The maximum absolute atomic E-state index is 12.4. The molecule has 3 rings (SSSR count). The summed E-state index contributed by atoms with van der Waals surface area (Å²) >= 11 is 7.42. The van der Waals surface area contributed by atoms with Crippen LogP contribution in [0.15, 0.2) is 54.7 Å². The van der Waals surface area contributed by atoms with E-state index in [1.165, 1.54) is 11.3 Å². The van der Waals surface area contributed by atoms with Crippen LogP contribution in [-0.2, 0) is 0 Å². The van der Waals surface area contributed by atoms with E-state index in [1.807, 2.05) is 49.4 Å². The lowest BCUT2D eigenvalue weighted by molar-refractivity contribution is 0.103. The van der Waals surface area contributed by atoms with Crippen LogP contribution in [0.4, 0.5) is 16.5 Å². The standard InChI is InChI=1S/C17H14ClN3OS/c1-11-6-5-9-13(18)15(11)21-16(22)14-10-19-17(23-14)20-12-7-3-2-4-8-12/h2-10H,1H3,(H,19,20)(H,21,22). The summed E-state index contributed by atoms with van der Waals surface area (Å²) in [6.45, 7) is 1.90. The Labute approximate surface area is 143 Å². The van der Waals surface area contributed by atoms with Crippen molar-refractivity contribution in [1.82, 2.24) is 4.98 Å². The molecule has 1 heterocycles. The van der Waals surface area contributed by atoms with Crippen molar-refractivity contribution in [2.75, 3.05) is 10.6 Å². The summed E-state index contributed by atoms with van der Waals surface area (Å²) in [7, 11) is 0. The van der Waals surface area contributed by atoms with Crippen molar-refractivity contribution in [2.24, 2.45) is 0 Å². The predicted octanol–water partition coefficient (Wildman–Crippen LogP) is 5.10. The molecular formula is C17H14ClN3OS. The minimum Gasteiger partial charge on any atom is -0.332 e. The van der Waals surface area contributed by atoms with Gasteiger partial charge < -0.3 is 10.6 Å². The average molecular weight is 344 g/mol. The second kappa shape index (κ2) is 6.81. The van der Waals surface area contributed by atoms with Gasteiger partial charge >= 0.3 is 0 Å². The third-order valence-electron chi connectivity index (χ3n) is 3.22. The van der Waals surface area contributed by atoms with Crippen molar-refractivity contribution in [3.63, 3.8) is 0 Å². The lowest BCUT2D eigenvalue weighted by Gasteiger charge is -2.08. The molecule has 3 aromatic rings. The molecule has 0 spiro atoms. The fourth-order valence-electron chi connectivity index (χ4n) is 2.05. The van der Waals surface area contributed by atoms with Crippen molar-refractivity contribution >= 4 is 45.4 Å². The molecule has 0 aliphatic heterocycles. The van der Waals surface area contributed by atoms with Crippen LogP contribution in [0.25, 0.3) is 0 Å². The lowest BCUT2D eigenvalue weighted by Crippen LogP contribution is -2.11. The highest BCUT2D eigenvalue weighted by molar-refractivity contribution is 7.17. The molecule has 2 aromatic carbocycles. The molecule has 0 bridgehead atoms. The Bertz CT molecular complexity index is 813. The number of halogens is 1. The molecule has 116 valence electrons. The van der Waals surface area contributed by atoms with Gasteiger partial charge in [0.2, 0.25) is 0 Å². The van der Waals surface area contributed by atoms with Crippen molar-refractivity contribution in [3.8, 4) is 0 Å². The number of para-hydroxylation sites is 2. The van der Waals surface area contributed by atoms with E-state index >= 15 is 0 Å². The molecule has 0 radical (unpaired) electrons. The number of thiazole rings is 1. The minimum atomic E-state index is -0.222. The first-order valence-electron chi connectivity index (χ1n) is 6.98. The van der Waals surface area contributed by atoms with Gasteiger partial charge in [-0.25, -0.2) is 4.98 Å². The van der Waals surface area contributed by atoms with E-state index in [0.29, 0.717) is 20.7 Å². The molecule has 0 atom stereocenters. The molecule has 0 saturated carbocycles. The van der Waals surface area contributed by atoms with Gasteiger partial charge in [0.15, 0.2) is 5.13 Å². The van der Waals surface area contributed by atoms with Gasteiger partial charge in [0.05, 0.1) is 16.9 Å². The first kappa shape index (κ1) is 15.5. The van der Waals surface area contributed by atoms with Gasteiger partial charge in [0, 0.05) is 5.69 Å². The second-order valence-electron chi connectivity index (χ2n) is 4.91. The highest BCUT2D eigenvalue weighted by Gasteiger charge is 2.13. The maximum Gasteiger partial charge on any atom is 0.267 e. The number of hydrogen-bond acceptors (Lipinski definition) is 4. The SMILES string of the molecule is Cc1cccc(Cl)c1NC(=O)c1cnc(Nc2ccccc2)s1. The largest absolute Gasteiger partial charge is 0.332 e. The van der Waals surface area contributed by atoms with Crippen LogP contribution in [-0.4, -0.2) is 10.9 Å². The fourth-order valence-corrected chi connectivity index (χ4v) is 3.05. The van der Waals surface area contributed by atoms with Crippen LogP contribution >= 0.6 is 22.9 Å². The fraction of sp³-hybridized carbons (Fsp3) is 0.0588. The molecule has 0 aliphatic rings. The van der Waals surface area contributed by atoms with Crippen LogP contribution in [0.1, 0.15) is 15.2 Å². The number of benzene rings is 2. The molecule has 23 heavy (non-hydrogen) atoms. The van der Waals surface area contributed by atoms with Crippen LogP contribution in [0, 0.1) is 6.92 Å². The smallest absolute Gasteiger partial charge is 0.267 e. The molecule has 1 aromatic heterocycles. The number of carbonyl (C=O) groups excluding carboxylic acids is 1. The summed E-state index contributed by atoms with van der Waals surface area (Å²) in [5, 5.41) is 7.19. The van der Waals surface area contributed by atoms with Gasteiger partial charge in [-0.2, -0.15) is 0 Å². The molecule has 0 aliphatic carbocycles. The molecule has 0 unspecified atom stereocenters. The number of aromatic nitrogens is 1. The van der Waals surface area contributed by atoms with Gasteiger partial charge in [-0.3, -0.25) is 4.79 Å². The van der Waals surface area contributed by atoms with E-state index in [9.17, 15) is 4.79 Å². The zero-order valence-electron chi connectivity index (χ0n) is 12.3. The van der Waals surface area contributed by atoms with E-state index in [4.69, 9.17) is 11.6 Å². The third-order valence-corrected chi connectivity index (χ3v) is 4.44. The summed E-state index contributed by atoms with van der Waals surface area (Å²) in [4.78, 5) is 17.1. The Morgan fingerprint density at radius 1 is 1.13 bits per heavy atom. The molecule has 1 amide bonds. The summed E-state index contributed by atoms with van der Waals surface area (Å²) in [6, 6.07) is 15.2. The van der Waals surface area contributed by atoms with Crippen molar-refractivity contribution < 1.29 is 4.79 Å². The van der Waals surface area contributed by atoms with Crippen LogP contribution in [0.2, 0.25) is 5.02 Å². The highest BCUT2D eigenvalue weighted by Crippen LogP contribution is 2.27. The average Bonchev–Trinajstić information content (AvgIpc) is 3.00. The first-order chi connectivity index (χ1) is 11.1. The lowest BCUT2D eigenvalue weighted by atomic mass is 10.2. The van der Waals surface area contributed by atoms with Crippen LogP contribution in [0.3, 0.4) is 0 Å². The number of nitrogens with one attached hydrogen (secondary N) is 2. The molecule has 0 fully saturated rings. The van der Waals surface area contributed by atoms with Crippen LogP contribution in [0.5, 0.6) is 0 Å². The third kappa shape index (κ3) is 3.70. The summed E-state index contributed by atoms with van der Waals surface area (Å²) in [5.74, 6) is -0.222. The van der Waals surface area contributed by atoms with Gasteiger partial charge in [-0.05, 0) is 30.7 Å². The summed E-state index contributed by atoms with van der Waals surface area (Å²) in [6.07, 6.45) is 1.55. The van der Waals surface area contributed by atoms with E-state index in [1.54, 1.807) is 12.3 Å². The Kier molecular flexibility index (Phi) is 4.60. The number of aryl methyl sites for hydroxylation is 1. The minimum absolute atomic E-state index is 0.222. The first-order valence-corrected chi connectivity index (χ1v) is 8.17. The molecule has 0 saturated heterocycles. The van der Waals surface area contributed by atoms with E-state index in [-0.39, 0.29) is 5.91 Å². The predicted molar refractivity (Wildman–Crippen MR) is 96.0 cm³/mol. The zero-order valence-corrected chi connectivity index (χ0v) is 13.9. The van der Waals surface area contributed by atoms with E-state index < -0.39 is 0 Å². The number of carbonyl (C=O) groups is 1. The number of nitrogens with zero attached hydrogens (tertiary/aromatic N) is 1. The normalized spacial score (nSPS) is 10.3. The van der Waals surface area contributed by atoms with E-state index in [2.05, 4.69) is 15.6 Å². The number of amides is 1. The number of hydrogen-bond donors (Lipinski definition) is 2. The molecular weight excluding hydrogens is 330 g/mol. The second-order valence-corrected chi connectivity index (χ2v) is 6.34. The Morgan fingerprint density at radius 2 is 1.91 bits per heavy atom.